The molecule has 10 nitrogen and oxygen atoms in total. The molecule has 10 heteroatoms. The Morgan fingerprint density at radius 3 is 0.964 bits per heavy atom. The number of aromatic nitrogens is 9. The second kappa shape index (κ2) is 17.1. The first-order valence-electron chi connectivity index (χ1n) is 28.6. The van der Waals surface area contributed by atoms with Gasteiger partial charge in [-0.3, -0.25) is 22.8 Å². The quantitative estimate of drug-likeness (QED) is 0.166. The predicted octanol–water partition coefficient (Wildman–Crippen LogP) is 17.5. The number of benzene rings is 10. The minimum absolute atomic E-state index is 0.0613. The van der Waals surface area contributed by atoms with Crippen LogP contribution in [0, 0.1) is 0 Å². The van der Waals surface area contributed by atoms with Crippen molar-refractivity contribution in [3.8, 4) is 29.5 Å². The lowest BCUT2D eigenvalue weighted by atomic mass is 9.90. The second-order valence-electron chi connectivity index (χ2n) is 22.2. The van der Waals surface area contributed by atoms with E-state index >= 15 is 0 Å². The number of hydrogen-bond acceptors (Lipinski definition) is 5. The summed E-state index contributed by atoms with van der Waals surface area (Å²) >= 11 is 0. The van der Waals surface area contributed by atoms with Gasteiger partial charge in [0.15, 0.2) is 0 Å². The van der Waals surface area contributed by atoms with E-state index in [-0.39, 0.29) is 12.0 Å². The molecule has 7 aromatic heterocycles. The molecule has 8 heterocycles. The van der Waals surface area contributed by atoms with E-state index in [4.69, 9.17) is 19.9 Å². The Hall–Kier alpha value is -11.4. The van der Waals surface area contributed by atoms with Crippen LogP contribution >= 0.6 is 0 Å². The summed E-state index contributed by atoms with van der Waals surface area (Å²) in [5, 5.41) is 11.5. The number of allylic oxidation sites excluding steroid dienone is 2. The molecule has 0 fully saturated rings. The van der Waals surface area contributed by atoms with E-state index in [1.165, 1.54) is 27.1 Å². The smallest absolute Gasteiger partial charge is 0.241 e. The number of pyridine rings is 1. The molecule has 17 aromatic rings. The Labute approximate surface area is 479 Å². The molecule has 0 bridgehead atoms. The molecular weight excluding hydrogens is 1030 g/mol. The zero-order valence-electron chi connectivity index (χ0n) is 45.0. The van der Waals surface area contributed by atoms with Gasteiger partial charge in [0.2, 0.25) is 17.8 Å². The Balaban J connectivity index is 0.912. The number of rotatable bonds is 6. The third kappa shape index (κ3) is 6.17. The lowest BCUT2D eigenvalue weighted by molar-refractivity contribution is 0.744. The molecule has 1 aliphatic heterocycles. The number of anilines is 2. The third-order valence-corrected chi connectivity index (χ3v) is 17.9. The maximum absolute atomic E-state index is 5.75. The van der Waals surface area contributed by atoms with Crippen molar-refractivity contribution in [3.05, 3.63) is 273 Å². The monoisotopic (exact) mass is 1070 g/mol. The number of fused-ring (bicyclic) bond motifs is 19. The van der Waals surface area contributed by atoms with Gasteiger partial charge in [-0.15, -0.1) is 0 Å². The van der Waals surface area contributed by atoms with Gasteiger partial charge in [-0.2, -0.15) is 15.0 Å². The summed E-state index contributed by atoms with van der Waals surface area (Å²) in [5.74, 6) is 3.18. The Kier molecular flexibility index (Phi) is 9.23. The van der Waals surface area contributed by atoms with Gasteiger partial charge in [-0.1, -0.05) is 194 Å². The fourth-order valence-electron chi connectivity index (χ4n) is 14.5. The van der Waals surface area contributed by atoms with Crippen molar-refractivity contribution >= 4 is 120 Å². The molecule has 0 saturated carbocycles. The summed E-state index contributed by atoms with van der Waals surface area (Å²) in [6, 6.07) is 86.9. The molecule has 0 N–H and O–H groups in total. The fraction of sp³-hybridized carbons (Fsp3) is 0.0270. The number of nitrogens with zero attached hydrogens (tertiary/aromatic N) is 10. The molecule has 19 rings (SSSR count). The zero-order valence-corrected chi connectivity index (χ0v) is 45.0. The first kappa shape index (κ1) is 45.4. The van der Waals surface area contributed by atoms with Crippen molar-refractivity contribution in [1.29, 1.82) is 0 Å². The average molecular weight is 1080 g/mol. The van der Waals surface area contributed by atoms with Gasteiger partial charge in [-0.05, 0) is 60.7 Å². The van der Waals surface area contributed by atoms with Gasteiger partial charge in [0, 0.05) is 88.9 Å². The van der Waals surface area contributed by atoms with E-state index in [1.54, 1.807) is 0 Å². The fourth-order valence-corrected chi connectivity index (χ4v) is 14.5. The summed E-state index contributed by atoms with van der Waals surface area (Å²) in [7, 11) is 0. The summed E-state index contributed by atoms with van der Waals surface area (Å²) in [5.41, 5.74) is 13.8. The number of para-hydroxylation sites is 9. The maximum atomic E-state index is 5.75. The molecule has 0 radical (unpaired) electrons. The topological polar surface area (TPSA) is 79.5 Å². The summed E-state index contributed by atoms with van der Waals surface area (Å²) in [4.78, 5) is 25.3. The average Bonchev–Trinajstić information content (AvgIpc) is 3.40. The maximum Gasteiger partial charge on any atom is 0.241 e. The van der Waals surface area contributed by atoms with Crippen LogP contribution in [0.2, 0.25) is 0 Å². The standard InChI is InChI=1S/C74H46N10/c1-11-31-57-46(21-1)47-22-2-12-32-58(47)80(57)68-43-45(44-69(75-68)81-59-33-13-3-23-48(59)49-24-4-14-34-60(49)81)79-66-40-20-10-30-56(66)70-67(79)42-41-55-54-29-9-19-39-65(54)84(71(55)70)74-77-72(82-61-35-15-5-25-50(61)51-26-6-16-36-62(51)82)76-73(78-74)83-63-37-17-7-27-52(63)53-28-8-18-38-64(53)83/h1-44,56,66H. The van der Waals surface area contributed by atoms with Gasteiger partial charge in [0.1, 0.15) is 11.6 Å². The highest BCUT2D eigenvalue weighted by Crippen LogP contribution is 2.53. The van der Waals surface area contributed by atoms with Crippen molar-refractivity contribution in [2.24, 2.45) is 0 Å². The van der Waals surface area contributed by atoms with Crippen LogP contribution in [-0.2, 0) is 0 Å². The largest absolute Gasteiger partial charge is 0.333 e. The minimum atomic E-state index is -0.0962. The van der Waals surface area contributed by atoms with Gasteiger partial charge < -0.3 is 4.90 Å². The van der Waals surface area contributed by atoms with Crippen LogP contribution in [-0.4, -0.2) is 48.8 Å². The first-order valence-corrected chi connectivity index (χ1v) is 28.6. The molecule has 2 unspecified atom stereocenters. The zero-order chi connectivity index (χ0) is 54.7. The lowest BCUT2D eigenvalue weighted by Gasteiger charge is -2.29. The normalized spacial score (nSPS) is 15.0. The predicted molar refractivity (Wildman–Crippen MR) is 343 cm³/mol. The SMILES string of the molecule is C1=CC2c3c(ccc4c5ccccc5n(-c5nc(-n6c7ccccc7c7ccccc76)nc(-n6c7ccccc7c7ccccc76)n5)c34)N(c3cc(-n4c5ccccc5c5ccccc54)nc(-n4c5ccccc5c5ccccc54)c3)C2C=C1. The molecule has 84 heavy (non-hydrogen) atoms. The van der Waals surface area contributed by atoms with Gasteiger partial charge >= 0.3 is 0 Å². The molecule has 2 aliphatic rings. The molecule has 10 aromatic carbocycles. The lowest BCUT2D eigenvalue weighted by Crippen LogP contribution is -2.29. The third-order valence-electron chi connectivity index (χ3n) is 17.9. The highest BCUT2D eigenvalue weighted by molar-refractivity contribution is 6.15. The highest BCUT2D eigenvalue weighted by atomic mass is 15.3. The molecule has 0 spiro atoms. The Morgan fingerprint density at radius 1 is 0.274 bits per heavy atom. The van der Waals surface area contributed by atoms with E-state index in [9.17, 15) is 0 Å². The summed E-state index contributed by atoms with van der Waals surface area (Å²) < 4.78 is 11.5. The van der Waals surface area contributed by atoms with E-state index in [0.29, 0.717) is 17.8 Å². The van der Waals surface area contributed by atoms with Crippen molar-refractivity contribution < 1.29 is 0 Å². The van der Waals surface area contributed by atoms with Crippen LogP contribution in [0.15, 0.2) is 267 Å². The van der Waals surface area contributed by atoms with Crippen LogP contribution in [0.25, 0.3) is 139 Å². The molecule has 0 amide bonds. The van der Waals surface area contributed by atoms with Crippen LogP contribution in [0.1, 0.15) is 11.5 Å². The van der Waals surface area contributed by atoms with Crippen LogP contribution in [0.5, 0.6) is 0 Å². The molecule has 0 saturated heterocycles. The van der Waals surface area contributed by atoms with E-state index in [1.807, 2.05) is 0 Å². The van der Waals surface area contributed by atoms with E-state index < -0.39 is 0 Å². The molecule has 2 atom stereocenters. The van der Waals surface area contributed by atoms with Gasteiger partial charge in [0.25, 0.3) is 0 Å². The van der Waals surface area contributed by atoms with E-state index in [2.05, 4.69) is 295 Å². The highest BCUT2D eigenvalue weighted by Gasteiger charge is 2.41. The summed E-state index contributed by atoms with van der Waals surface area (Å²) in [6.07, 6.45) is 9.17. The van der Waals surface area contributed by atoms with Crippen LogP contribution in [0.3, 0.4) is 0 Å². The Morgan fingerprint density at radius 2 is 0.583 bits per heavy atom. The van der Waals surface area contributed by atoms with Crippen molar-refractivity contribution in [2.75, 3.05) is 4.90 Å². The number of hydrogen-bond donors (Lipinski definition) is 0. The minimum Gasteiger partial charge on any atom is -0.333 e. The van der Waals surface area contributed by atoms with Gasteiger partial charge in [0.05, 0.1) is 61.2 Å². The molecule has 392 valence electrons. The van der Waals surface area contributed by atoms with E-state index in [0.717, 1.165) is 110 Å². The molecular formula is C74H46N10. The molecule has 1 aliphatic carbocycles. The second-order valence-corrected chi connectivity index (χ2v) is 22.2. The first-order chi connectivity index (χ1) is 41.7. The van der Waals surface area contributed by atoms with Crippen LogP contribution < -0.4 is 4.90 Å². The van der Waals surface area contributed by atoms with Gasteiger partial charge in [-0.25, -0.2) is 4.98 Å². The Bertz CT molecular complexity index is 5270. The van der Waals surface area contributed by atoms with Crippen molar-refractivity contribution in [1.82, 2.24) is 42.8 Å². The van der Waals surface area contributed by atoms with Crippen LogP contribution in [0.4, 0.5) is 11.4 Å². The van der Waals surface area contributed by atoms with Crippen molar-refractivity contribution in [3.63, 3.8) is 0 Å². The summed E-state index contributed by atoms with van der Waals surface area (Å²) in [6.45, 7) is 0. The van der Waals surface area contributed by atoms with Crippen molar-refractivity contribution in [2.45, 2.75) is 12.0 Å².